The maximum Gasteiger partial charge on any atom is 0.241 e. The van der Waals surface area contributed by atoms with Gasteiger partial charge >= 0.3 is 0 Å². The molecule has 0 fully saturated rings. The number of pyridine rings is 1. The Labute approximate surface area is 143 Å². The molecule has 0 aliphatic carbocycles. The van der Waals surface area contributed by atoms with Crippen molar-refractivity contribution in [1.82, 2.24) is 19.7 Å². The van der Waals surface area contributed by atoms with Crippen LogP contribution in [-0.2, 0) is 4.79 Å². The van der Waals surface area contributed by atoms with Gasteiger partial charge in [-0.05, 0) is 30.3 Å². The van der Waals surface area contributed by atoms with Crippen molar-refractivity contribution in [3.63, 3.8) is 0 Å². The van der Waals surface area contributed by atoms with E-state index in [-0.39, 0.29) is 0 Å². The summed E-state index contributed by atoms with van der Waals surface area (Å²) in [5.41, 5.74) is 9.48. The Bertz CT molecular complexity index is 1080. The lowest BCUT2D eigenvalue weighted by Gasteiger charge is -2.01. The van der Waals surface area contributed by atoms with Crippen LogP contribution in [0.4, 0.5) is 0 Å². The molecular formula is C19H15N5O. The van der Waals surface area contributed by atoms with Crippen molar-refractivity contribution < 1.29 is 4.79 Å². The van der Waals surface area contributed by atoms with Gasteiger partial charge < -0.3 is 10.7 Å². The van der Waals surface area contributed by atoms with Crippen LogP contribution < -0.4 is 5.73 Å². The molecule has 3 aromatic heterocycles. The number of H-pyrrole nitrogens is 1. The quantitative estimate of drug-likeness (QED) is 0.564. The number of carbonyl (C=O) groups excluding carboxylic acids is 1. The summed E-state index contributed by atoms with van der Waals surface area (Å²) in [6.07, 6.45) is 8.50. The minimum absolute atomic E-state index is 0.486. The van der Waals surface area contributed by atoms with E-state index in [0.29, 0.717) is 0 Å². The van der Waals surface area contributed by atoms with Crippen molar-refractivity contribution in [2.24, 2.45) is 5.73 Å². The topological polar surface area (TPSA) is 89.6 Å². The zero-order chi connectivity index (χ0) is 17.2. The monoisotopic (exact) mass is 329 g/mol. The summed E-state index contributed by atoms with van der Waals surface area (Å²) >= 11 is 0. The smallest absolute Gasteiger partial charge is 0.241 e. The average molecular weight is 329 g/mol. The van der Waals surface area contributed by atoms with E-state index in [1.165, 1.54) is 6.08 Å². The number of hydrogen-bond donors (Lipinski definition) is 2. The number of primary amides is 1. The molecular weight excluding hydrogens is 314 g/mol. The fraction of sp³-hybridized carbons (Fsp3) is 0. The van der Waals surface area contributed by atoms with Crippen molar-refractivity contribution in [3.8, 4) is 16.9 Å². The third-order valence-corrected chi connectivity index (χ3v) is 3.90. The van der Waals surface area contributed by atoms with Crippen LogP contribution in [0.2, 0.25) is 0 Å². The Morgan fingerprint density at radius 1 is 1.20 bits per heavy atom. The number of aromatic amines is 1. The lowest BCUT2D eigenvalue weighted by molar-refractivity contribution is -0.113. The normalized spacial score (nSPS) is 11.4. The van der Waals surface area contributed by atoms with Gasteiger partial charge in [0.2, 0.25) is 5.91 Å². The molecule has 1 amide bonds. The van der Waals surface area contributed by atoms with E-state index >= 15 is 0 Å². The lowest BCUT2D eigenvalue weighted by Crippen LogP contribution is -2.04. The highest BCUT2D eigenvalue weighted by molar-refractivity contribution is 5.95. The van der Waals surface area contributed by atoms with E-state index in [2.05, 4.69) is 15.1 Å². The summed E-state index contributed by atoms with van der Waals surface area (Å²) < 4.78 is 1.82. The van der Waals surface area contributed by atoms with Crippen molar-refractivity contribution in [1.29, 1.82) is 0 Å². The number of fused-ring (bicyclic) bond motifs is 1. The first-order valence-corrected chi connectivity index (χ1v) is 7.77. The standard InChI is InChI=1S/C19H15N5O/c20-18(25)7-6-13-11-21-19-16(13)10-14(12-22-19)17-8-9-24(23-17)15-4-2-1-3-5-15/h1-12H,(H2,20,25)(H,21,22)/b7-6+. The van der Waals surface area contributed by atoms with E-state index in [4.69, 9.17) is 5.73 Å². The summed E-state index contributed by atoms with van der Waals surface area (Å²) in [6, 6.07) is 13.9. The largest absolute Gasteiger partial charge is 0.366 e. The van der Waals surface area contributed by atoms with Gasteiger partial charge in [-0.1, -0.05) is 18.2 Å². The van der Waals surface area contributed by atoms with Crippen molar-refractivity contribution in [2.75, 3.05) is 0 Å². The Morgan fingerprint density at radius 2 is 2.04 bits per heavy atom. The molecule has 0 spiro atoms. The van der Waals surface area contributed by atoms with Gasteiger partial charge in [-0.15, -0.1) is 0 Å². The highest BCUT2D eigenvalue weighted by atomic mass is 16.1. The van der Waals surface area contributed by atoms with E-state index in [9.17, 15) is 4.79 Å². The second-order valence-electron chi connectivity index (χ2n) is 5.58. The second kappa shape index (κ2) is 6.09. The van der Waals surface area contributed by atoms with Crippen LogP contribution in [-0.4, -0.2) is 25.7 Å². The molecule has 0 radical (unpaired) electrons. The minimum Gasteiger partial charge on any atom is -0.366 e. The minimum atomic E-state index is -0.486. The average Bonchev–Trinajstić information content (AvgIpc) is 3.27. The summed E-state index contributed by atoms with van der Waals surface area (Å²) in [6.45, 7) is 0. The number of hydrogen-bond acceptors (Lipinski definition) is 3. The van der Waals surface area contributed by atoms with E-state index < -0.39 is 5.91 Å². The molecule has 1 aromatic carbocycles. The summed E-state index contributed by atoms with van der Waals surface area (Å²) in [7, 11) is 0. The number of rotatable bonds is 4. The molecule has 4 aromatic rings. The molecule has 0 unspecified atom stereocenters. The first-order valence-electron chi connectivity index (χ1n) is 7.77. The van der Waals surface area contributed by atoms with Crippen molar-refractivity contribution >= 4 is 23.0 Å². The highest BCUT2D eigenvalue weighted by Gasteiger charge is 2.08. The van der Waals surface area contributed by atoms with Crippen LogP contribution in [0.15, 0.2) is 67.1 Å². The maximum absolute atomic E-state index is 11.0. The first-order chi connectivity index (χ1) is 12.2. The predicted molar refractivity (Wildman–Crippen MR) is 96.9 cm³/mol. The van der Waals surface area contributed by atoms with Gasteiger partial charge in [0.25, 0.3) is 0 Å². The fourth-order valence-corrected chi connectivity index (χ4v) is 2.68. The molecule has 0 atom stereocenters. The fourth-order valence-electron chi connectivity index (χ4n) is 2.68. The van der Waals surface area contributed by atoms with E-state index in [1.54, 1.807) is 18.5 Å². The number of nitrogens with zero attached hydrogens (tertiary/aromatic N) is 3. The Morgan fingerprint density at radius 3 is 2.84 bits per heavy atom. The third kappa shape index (κ3) is 2.92. The molecule has 6 heteroatoms. The van der Waals surface area contributed by atoms with Gasteiger partial charge in [-0.2, -0.15) is 5.10 Å². The molecule has 3 heterocycles. The molecule has 122 valence electrons. The number of nitrogens with one attached hydrogen (secondary N) is 1. The number of aromatic nitrogens is 4. The molecule has 0 bridgehead atoms. The van der Waals surface area contributed by atoms with Crippen LogP contribution in [0.5, 0.6) is 0 Å². The van der Waals surface area contributed by atoms with Crippen LogP contribution >= 0.6 is 0 Å². The summed E-state index contributed by atoms with van der Waals surface area (Å²) in [5, 5.41) is 5.53. The molecule has 3 N–H and O–H groups in total. The SMILES string of the molecule is NC(=O)/C=C/c1c[nH]c2ncc(-c3ccn(-c4ccccc4)n3)cc12. The van der Waals surface area contributed by atoms with Crippen LogP contribution in [0.3, 0.4) is 0 Å². The molecule has 0 aliphatic heterocycles. The second-order valence-corrected chi connectivity index (χ2v) is 5.58. The van der Waals surface area contributed by atoms with Gasteiger partial charge in [0.05, 0.1) is 11.4 Å². The maximum atomic E-state index is 11.0. The Hall–Kier alpha value is -3.67. The van der Waals surface area contributed by atoms with Crippen LogP contribution in [0.25, 0.3) is 34.1 Å². The Balaban J connectivity index is 1.73. The zero-order valence-electron chi connectivity index (χ0n) is 13.3. The molecule has 4 rings (SSSR count). The molecule has 0 saturated carbocycles. The summed E-state index contributed by atoms with van der Waals surface area (Å²) in [5.74, 6) is -0.486. The van der Waals surface area contributed by atoms with Crippen LogP contribution in [0, 0.1) is 0 Å². The van der Waals surface area contributed by atoms with E-state index in [1.807, 2.05) is 53.3 Å². The summed E-state index contributed by atoms with van der Waals surface area (Å²) in [4.78, 5) is 18.5. The molecule has 25 heavy (non-hydrogen) atoms. The molecule has 0 saturated heterocycles. The van der Waals surface area contributed by atoms with E-state index in [0.717, 1.165) is 33.5 Å². The number of benzene rings is 1. The number of amides is 1. The Kier molecular flexibility index (Phi) is 3.63. The van der Waals surface area contributed by atoms with Crippen molar-refractivity contribution in [3.05, 3.63) is 72.7 Å². The lowest BCUT2D eigenvalue weighted by atomic mass is 10.1. The van der Waals surface area contributed by atoms with Gasteiger partial charge in [0.1, 0.15) is 5.65 Å². The molecule has 6 nitrogen and oxygen atoms in total. The first kappa shape index (κ1) is 14.9. The predicted octanol–water partition coefficient (Wildman–Crippen LogP) is 2.91. The highest BCUT2D eigenvalue weighted by Crippen LogP contribution is 2.25. The number of carbonyl (C=O) groups is 1. The number of nitrogens with two attached hydrogens (primary N) is 1. The molecule has 0 aliphatic rings. The van der Waals surface area contributed by atoms with Gasteiger partial charge in [-0.3, -0.25) is 4.79 Å². The van der Waals surface area contributed by atoms with Crippen LogP contribution in [0.1, 0.15) is 5.56 Å². The van der Waals surface area contributed by atoms with Crippen molar-refractivity contribution in [2.45, 2.75) is 0 Å². The van der Waals surface area contributed by atoms with Gasteiger partial charge in [-0.25, -0.2) is 9.67 Å². The zero-order valence-corrected chi connectivity index (χ0v) is 13.3. The van der Waals surface area contributed by atoms with Gasteiger partial charge in [0, 0.05) is 41.2 Å². The number of para-hydroxylation sites is 1. The third-order valence-electron chi connectivity index (χ3n) is 3.90. The van der Waals surface area contributed by atoms with Gasteiger partial charge in [0.15, 0.2) is 0 Å².